The molecule has 4 N–H and O–H groups in total. The second-order valence-electron chi connectivity index (χ2n) is 5.08. The molecule has 0 spiro atoms. The second-order valence-corrected chi connectivity index (χ2v) is 5.08. The first-order valence-corrected chi connectivity index (χ1v) is 9.24. The summed E-state index contributed by atoms with van der Waals surface area (Å²) in [7, 11) is 0. The van der Waals surface area contributed by atoms with E-state index in [0.717, 1.165) is 6.42 Å². The summed E-state index contributed by atoms with van der Waals surface area (Å²) in [5, 5.41) is 30.9. The van der Waals surface area contributed by atoms with Gasteiger partial charge in [-0.25, -0.2) is 0 Å². The molecule has 1 aliphatic carbocycles. The fourth-order valence-corrected chi connectivity index (χ4v) is 2.19. The van der Waals surface area contributed by atoms with Crippen molar-refractivity contribution in [3.05, 3.63) is 24.3 Å². The molecule has 1 amide bonds. The van der Waals surface area contributed by atoms with Gasteiger partial charge in [0.05, 0.1) is 18.8 Å². The Hall–Kier alpha value is -1.21. The van der Waals surface area contributed by atoms with Crippen molar-refractivity contribution in [3.8, 4) is 0 Å². The van der Waals surface area contributed by atoms with Gasteiger partial charge in [-0.05, 0) is 13.3 Å². The number of hydrogen-bond donors (Lipinski definition) is 4. The summed E-state index contributed by atoms with van der Waals surface area (Å²) in [5.74, 6) is -0.214. The van der Waals surface area contributed by atoms with Crippen LogP contribution in [0.2, 0.25) is 0 Å². The van der Waals surface area contributed by atoms with E-state index in [-0.39, 0.29) is 12.5 Å². The van der Waals surface area contributed by atoms with Crippen LogP contribution in [0.15, 0.2) is 24.3 Å². The van der Waals surface area contributed by atoms with Crippen LogP contribution in [0.3, 0.4) is 0 Å². The summed E-state index contributed by atoms with van der Waals surface area (Å²) in [5.41, 5.74) is 0. The second kappa shape index (κ2) is 16.3. The van der Waals surface area contributed by atoms with E-state index in [4.69, 9.17) is 9.84 Å². The quantitative estimate of drug-likeness (QED) is 0.617. The number of nitrogens with one attached hydrogen (secondary N) is 1. The van der Waals surface area contributed by atoms with Crippen molar-refractivity contribution in [2.75, 3.05) is 6.61 Å². The zero-order valence-corrected chi connectivity index (χ0v) is 16.5. The van der Waals surface area contributed by atoms with Crippen LogP contribution in [0, 0.1) is 0 Å². The van der Waals surface area contributed by atoms with Crippen LogP contribution in [-0.4, -0.2) is 58.3 Å². The van der Waals surface area contributed by atoms with Crippen LogP contribution in [0.4, 0.5) is 0 Å². The summed E-state index contributed by atoms with van der Waals surface area (Å²) in [6.45, 7) is 11.0. The van der Waals surface area contributed by atoms with E-state index in [1.807, 2.05) is 27.7 Å². The molecule has 5 atom stereocenters. The third kappa shape index (κ3) is 9.75. The Labute approximate surface area is 152 Å². The lowest BCUT2D eigenvalue weighted by Gasteiger charge is -2.41. The largest absolute Gasteiger partial charge is 0.394 e. The summed E-state index contributed by atoms with van der Waals surface area (Å²) in [4.78, 5) is 11.2. The average molecular weight is 360 g/mol. The molecular formula is C19H37NO5. The Morgan fingerprint density at radius 1 is 1.12 bits per heavy atom. The minimum absolute atomic E-state index is 0.214. The summed E-state index contributed by atoms with van der Waals surface area (Å²) in [6.07, 6.45) is 6.22. The summed E-state index contributed by atoms with van der Waals surface area (Å²) >= 11 is 0. The third-order valence-electron chi connectivity index (χ3n) is 3.48. The predicted octanol–water partition coefficient (Wildman–Crippen LogP) is 1.94. The number of aliphatic hydroxyl groups excluding tert-OH is 3. The van der Waals surface area contributed by atoms with Crippen molar-refractivity contribution in [2.45, 2.75) is 84.8 Å². The Bertz CT molecular complexity index is 374. The molecule has 2 unspecified atom stereocenters. The first-order chi connectivity index (χ1) is 12.0. The van der Waals surface area contributed by atoms with Gasteiger partial charge in [-0.2, -0.15) is 0 Å². The summed E-state index contributed by atoms with van der Waals surface area (Å²) < 4.78 is 5.30. The minimum Gasteiger partial charge on any atom is -0.394 e. The Balaban J connectivity index is 0. The highest BCUT2D eigenvalue weighted by Crippen LogP contribution is 2.20. The maximum absolute atomic E-state index is 11.2. The Kier molecular flexibility index (Phi) is 16.9. The topological polar surface area (TPSA) is 99.0 Å². The van der Waals surface area contributed by atoms with E-state index in [0.29, 0.717) is 6.42 Å². The van der Waals surface area contributed by atoms with Gasteiger partial charge in [-0.3, -0.25) is 4.79 Å². The third-order valence-corrected chi connectivity index (χ3v) is 3.48. The van der Waals surface area contributed by atoms with Gasteiger partial charge in [0.1, 0.15) is 18.3 Å². The van der Waals surface area contributed by atoms with Gasteiger partial charge < -0.3 is 25.4 Å². The molecule has 2 aliphatic rings. The van der Waals surface area contributed by atoms with E-state index in [9.17, 15) is 15.0 Å². The predicted molar refractivity (Wildman–Crippen MR) is 101 cm³/mol. The molecule has 1 saturated heterocycles. The fourth-order valence-electron chi connectivity index (χ4n) is 2.19. The van der Waals surface area contributed by atoms with Crippen LogP contribution in [-0.2, 0) is 9.53 Å². The molecule has 2 rings (SSSR count). The number of aliphatic hydroxyl groups is 3. The van der Waals surface area contributed by atoms with Crippen LogP contribution in [0.5, 0.6) is 0 Å². The smallest absolute Gasteiger partial charge is 0.220 e. The number of allylic oxidation sites excluding steroid dienone is 4. The standard InChI is InChI=1S/C10H19NO5.C5H6.2C2H6/c1-3-7(13)11-8-5(2)16-6(4-12)9(14)10(8)15;1-2-4-5-3-1;2*1-2/h5-6,8-10,12,14-15H,3-4H2,1-2H3,(H,11,13);1-4H,5H2;2*1-2H3/t5-,6?,8?,9+,10-;;;/m1.../s1. The van der Waals surface area contributed by atoms with E-state index in [1.165, 1.54) is 0 Å². The van der Waals surface area contributed by atoms with Crippen molar-refractivity contribution in [3.63, 3.8) is 0 Å². The van der Waals surface area contributed by atoms with Gasteiger partial charge >= 0.3 is 0 Å². The van der Waals surface area contributed by atoms with E-state index >= 15 is 0 Å². The molecule has 0 aromatic carbocycles. The van der Waals surface area contributed by atoms with Crippen molar-refractivity contribution < 1.29 is 24.9 Å². The molecule has 1 aliphatic heterocycles. The van der Waals surface area contributed by atoms with Crippen molar-refractivity contribution >= 4 is 5.91 Å². The van der Waals surface area contributed by atoms with Crippen LogP contribution in [0.1, 0.15) is 54.4 Å². The van der Waals surface area contributed by atoms with Crippen LogP contribution >= 0.6 is 0 Å². The number of carbonyl (C=O) groups excluding carboxylic acids is 1. The molecule has 0 aromatic heterocycles. The highest BCUT2D eigenvalue weighted by atomic mass is 16.5. The molecule has 0 bridgehead atoms. The van der Waals surface area contributed by atoms with E-state index in [1.54, 1.807) is 13.8 Å². The molecule has 6 heteroatoms. The van der Waals surface area contributed by atoms with Gasteiger partial charge in [-0.15, -0.1) is 0 Å². The molecular weight excluding hydrogens is 322 g/mol. The summed E-state index contributed by atoms with van der Waals surface area (Å²) in [6, 6.07) is -0.648. The first-order valence-electron chi connectivity index (χ1n) is 9.24. The normalized spacial score (nSPS) is 29.2. The van der Waals surface area contributed by atoms with Crippen molar-refractivity contribution in [2.24, 2.45) is 0 Å². The van der Waals surface area contributed by atoms with Gasteiger partial charge in [-0.1, -0.05) is 58.9 Å². The van der Waals surface area contributed by atoms with Gasteiger partial charge in [0, 0.05) is 6.42 Å². The molecule has 0 radical (unpaired) electrons. The van der Waals surface area contributed by atoms with E-state index < -0.39 is 30.5 Å². The number of amides is 1. The average Bonchev–Trinajstić information content (AvgIpc) is 3.25. The zero-order valence-electron chi connectivity index (χ0n) is 16.5. The van der Waals surface area contributed by atoms with Gasteiger partial charge in [0.15, 0.2) is 0 Å². The van der Waals surface area contributed by atoms with Gasteiger partial charge in [0.25, 0.3) is 0 Å². The van der Waals surface area contributed by atoms with Crippen molar-refractivity contribution in [1.29, 1.82) is 0 Å². The van der Waals surface area contributed by atoms with Crippen molar-refractivity contribution in [1.82, 2.24) is 5.32 Å². The fraction of sp³-hybridized carbons (Fsp3) is 0.737. The lowest BCUT2D eigenvalue weighted by atomic mass is 9.93. The molecule has 25 heavy (non-hydrogen) atoms. The zero-order chi connectivity index (χ0) is 19.8. The maximum Gasteiger partial charge on any atom is 0.220 e. The molecule has 1 heterocycles. The number of ether oxygens (including phenoxy) is 1. The Morgan fingerprint density at radius 3 is 2.00 bits per heavy atom. The maximum atomic E-state index is 11.2. The lowest BCUT2D eigenvalue weighted by Crippen LogP contribution is -2.63. The van der Waals surface area contributed by atoms with Crippen LogP contribution < -0.4 is 5.32 Å². The molecule has 6 nitrogen and oxygen atoms in total. The molecule has 0 aromatic rings. The lowest BCUT2D eigenvalue weighted by molar-refractivity contribution is -0.190. The number of rotatable bonds is 3. The number of hydrogen-bond acceptors (Lipinski definition) is 5. The molecule has 1 fully saturated rings. The SMILES string of the molecule is C1=CCC=C1.CC.CC.CCC(=O)NC1[C@@H](O)[C@@H](O)C(CO)O[C@@H]1C. The highest BCUT2D eigenvalue weighted by Gasteiger charge is 2.42. The Morgan fingerprint density at radius 2 is 1.64 bits per heavy atom. The number of carbonyl (C=O) groups is 1. The first kappa shape index (κ1) is 26.0. The minimum atomic E-state index is -1.19. The molecule has 148 valence electrons. The van der Waals surface area contributed by atoms with Gasteiger partial charge in [0.2, 0.25) is 5.91 Å². The monoisotopic (exact) mass is 359 g/mol. The molecule has 0 saturated carbocycles. The highest BCUT2D eigenvalue weighted by molar-refractivity contribution is 5.76. The van der Waals surface area contributed by atoms with E-state index in [2.05, 4.69) is 29.6 Å². The van der Waals surface area contributed by atoms with Crippen LogP contribution in [0.25, 0.3) is 0 Å².